The summed E-state index contributed by atoms with van der Waals surface area (Å²) in [4.78, 5) is 11.0. The van der Waals surface area contributed by atoms with Crippen LogP contribution < -0.4 is 11.1 Å². The van der Waals surface area contributed by atoms with Crippen molar-refractivity contribution < 1.29 is 9.53 Å². The molecule has 0 bridgehead atoms. The van der Waals surface area contributed by atoms with Gasteiger partial charge < -0.3 is 10.5 Å². The lowest BCUT2D eigenvalue weighted by atomic mass is 10.0. The number of rotatable bonds is 4. The highest BCUT2D eigenvalue weighted by atomic mass is 16.5. The first-order valence-corrected chi connectivity index (χ1v) is 5.47. The van der Waals surface area contributed by atoms with Gasteiger partial charge >= 0.3 is 0 Å². The Morgan fingerprint density at radius 3 is 3.12 bits per heavy atom. The van der Waals surface area contributed by atoms with Gasteiger partial charge in [-0.2, -0.15) is 0 Å². The third-order valence-corrected chi connectivity index (χ3v) is 2.76. The molecular formula is C12H16N2O2. The molecule has 1 aliphatic heterocycles. The molecule has 1 aromatic rings. The SMILES string of the molecule is NC(=O)c1cccc(CCC2CNCO2)c1. The fraction of sp³-hybridized carbons (Fsp3) is 0.417. The molecule has 3 N–H and O–H groups in total. The average Bonchev–Trinajstić information content (AvgIpc) is 2.79. The number of benzene rings is 1. The third kappa shape index (κ3) is 2.81. The lowest BCUT2D eigenvalue weighted by Gasteiger charge is -2.08. The van der Waals surface area contributed by atoms with Crippen LogP contribution in [0.3, 0.4) is 0 Å². The normalized spacial score (nSPS) is 19.9. The van der Waals surface area contributed by atoms with Gasteiger partial charge in [0, 0.05) is 12.1 Å². The smallest absolute Gasteiger partial charge is 0.248 e. The van der Waals surface area contributed by atoms with Gasteiger partial charge in [-0.1, -0.05) is 12.1 Å². The number of hydrogen-bond donors (Lipinski definition) is 2. The van der Waals surface area contributed by atoms with Gasteiger partial charge in [-0.15, -0.1) is 0 Å². The second kappa shape index (κ2) is 5.09. The maximum Gasteiger partial charge on any atom is 0.248 e. The number of primary amides is 1. The fourth-order valence-corrected chi connectivity index (χ4v) is 1.85. The number of nitrogens with two attached hydrogens (primary N) is 1. The van der Waals surface area contributed by atoms with E-state index in [0.717, 1.165) is 24.9 Å². The van der Waals surface area contributed by atoms with E-state index in [-0.39, 0.29) is 12.0 Å². The van der Waals surface area contributed by atoms with Gasteiger partial charge in [-0.25, -0.2) is 0 Å². The van der Waals surface area contributed by atoms with Crippen molar-refractivity contribution >= 4 is 5.91 Å². The van der Waals surface area contributed by atoms with Crippen LogP contribution in [0.1, 0.15) is 22.3 Å². The standard InChI is InChI=1S/C12H16N2O2/c13-12(15)10-3-1-2-9(6-10)4-5-11-7-14-8-16-11/h1-3,6,11,14H,4-5,7-8H2,(H2,13,15). The summed E-state index contributed by atoms with van der Waals surface area (Å²) in [5, 5.41) is 3.14. The van der Waals surface area contributed by atoms with E-state index in [9.17, 15) is 4.79 Å². The number of carbonyl (C=O) groups excluding carboxylic acids is 1. The molecule has 0 aliphatic carbocycles. The van der Waals surface area contributed by atoms with Gasteiger partial charge in [-0.05, 0) is 30.5 Å². The molecule has 0 aromatic heterocycles. The Labute approximate surface area is 94.8 Å². The average molecular weight is 220 g/mol. The highest BCUT2D eigenvalue weighted by molar-refractivity contribution is 5.92. The Morgan fingerprint density at radius 2 is 2.44 bits per heavy atom. The third-order valence-electron chi connectivity index (χ3n) is 2.76. The Bertz CT molecular complexity index is 373. The lowest BCUT2D eigenvalue weighted by molar-refractivity contribution is 0.1000. The van der Waals surface area contributed by atoms with Crippen LogP contribution in [0.2, 0.25) is 0 Å². The largest absolute Gasteiger partial charge is 0.366 e. The highest BCUT2D eigenvalue weighted by Crippen LogP contribution is 2.11. The van der Waals surface area contributed by atoms with E-state index in [0.29, 0.717) is 12.3 Å². The second-order valence-electron chi connectivity index (χ2n) is 3.99. The number of carbonyl (C=O) groups is 1. The molecule has 2 rings (SSSR count). The number of aryl methyl sites for hydroxylation is 1. The molecular weight excluding hydrogens is 204 g/mol. The van der Waals surface area contributed by atoms with E-state index in [2.05, 4.69) is 5.32 Å². The van der Waals surface area contributed by atoms with E-state index < -0.39 is 0 Å². The number of hydrogen-bond acceptors (Lipinski definition) is 3. The second-order valence-corrected chi connectivity index (χ2v) is 3.99. The molecule has 0 spiro atoms. The molecule has 1 aliphatic rings. The molecule has 0 radical (unpaired) electrons. The molecule has 0 saturated carbocycles. The van der Waals surface area contributed by atoms with E-state index >= 15 is 0 Å². The fourth-order valence-electron chi connectivity index (χ4n) is 1.85. The van der Waals surface area contributed by atoms with E-state index in [1.165, 1.54) is 0 Å². The summed E-state index contributed by atoms with van der Waals surface area (Å²) in [6.45, 7) is 1.56. The van der Waals surface area contributed by atoms with Crippen molar-refractivity contribution in [2.75, 3.05) is 13.3 Å². The highest BCUT2D eigenvalue weighted by Gasteiger charge is 2.14. The number of ether oxygens (including phenoxy) is 1. The van der Waals surface area contributed by atoms with E-state index in [1.54, 1.807) is 6.07 Å². The quantitative estimate of drug-likeness (QED) is 0.783. The predicted molar refractivity (Wildman–Crippen MR) is 61.0 cm³/mol. The number of nitrogens with one attached hydrogen (secondary N) is 1. The zero-order valence-corrected chi connectivity index (χ0v) is 9.11. The molecule has 16 heavy (non-hydrogen) atoms. The topological polar surface area (TPSA) is 64.4 Å². The molecule has 4 nitrogen and oxygen atoms in total. The van der Waals surface area contributed by atoms with Crippen LogP contribution in [0.5, 0.6) is 0 Å². The summed E-state index contributed by atoms with van der Waals surface area (Å²) >= 11 is 0. The Kier molecular flexibility index (Phi) is 3.54. The first-order chi connectivity index (χ1) is 7.75. The zero-order valence-electron chi connectivity index (χ0n) is 9.11. The van der Waals surface area contributed by atoms with Crippen LogP contribution in [0.4, 0.5) is 0 Å². The summed E-state index contributed by atoms with van der Waals surface area (Å²) in [6, 6.07) is 7.46. The van der Waals surface area contributed by atoms with Crippen molar-refractivity contribution in [3.8, 4) is 0 Å². The molecule has 1 aromatic carbocycles. The van der Waals surface area contributed by atoms with Crippen molar-refractivity contribution in [1.29, 1.82) is 0 Å². The Hall–Kier alpha value is -1.39. The maximum absolute atomic E-state index is 11.0. The molecule has 1 heterocycles. The summed E-state index contributed by atoms with van der Waals surface area (Å²) in [5.41, 5.74) is 6.93. The van der Waals surface area contributed by atoms with Crippen molar-refractivity contribution in [2.45, 2.75) is 18.9 Å². The Balaban J connectivity index is 1.93. The Morgan fingerprint density at radius 1 is 1.56 bits per heavy atom. The molecule has 1 amide bonds. The van der Waals surface area contributed by atoms with Gasteiger partial charge in [-0.3, -0.25) is 10.1 Å². The summed E-state index contributed by atoms with van der Waals surface area (Å²) in [7, 11) is 0. The van der Waals surface area contributed by atoms with Crippen molar-refractivity contribution in [3.05, 3.63) is 35.4 Å². The number of amides is 1. The van der Waals surface area contributed by atoms with Gasteiger partial charge in [0.1, 0.15) is 0 Å². The van der Waals surface area contributed by atoms with Crippen LogP contribution >= 0.6 is 0 Å². The first-order valence-electron chi connectivity index (χ1n) is 5.47. The minimum absolute atomic E-state index is 0.289. The zero-order chi connectivity index (χ0) is 11.4. The predicted octanol–water partition coefficient (Wildman–Crippen LogP) is 0.664. The maximum atomic E-state index is 11.0. The summed E-state index contributed by atoms with van der Waals surface area (Å²) in [6.07, 6.45) is 2.17. The summed E-state index contributed by atoms with van der Waals surface area (Å²) in [5.74, 6) is -0.374. The molecule has 4 heteroatoms. The van der Waals surface area contributed by atoms with Gasteiger partial charge in [0.15, 0.2) is 0 Å². The van der Waals surface area contributed by atoms with Crippen LogP contribution in [0, 0.1) is 0 Å². The van der Waals surface area contributed by atoms with Crippen molar-refractivity contribution in [3.63, 3.8) is 0 Å². The molecule has 1 atom stereocenters. The van der Waals surface area contributed by atoms with Crippen LogP contribution in [-0.2, 0) is 11.2 Å². The minimum atomic E-state index is -0.374. The van der Waals surface area contributed by atoms with Crippen LogP contribution in [-0.4, -0.2) is 25.3 Å². The van der Waals surface area contributed by atoms with E-state index in [1.807, 2.05) is 18.2 Å². The van der Waals surface area contributed by atoms with Crippen molar-refractivity contribution in [1.82, 2.24) is 5.32 Å². The van der Waals surface area contributed by atoms with E-state index in [4.69, 9.17) is 10.5 Å². The van der Waals surface area contributed by atoms with Crippen LogP contribution in [0.15, 0.2) is 24.3 Å². The van der Waals surface area contributed by atoms with Crippen LogP contribution in [0.25, 0.3) is 0 Å². The van der Waals surface area contributed by atoms with Gasteiger partial charge in [0.25, 0.3) is 0 Å². The van der Waals surface area contributed by atoms with Gasteiger partial charge in [0.2, 0.25) is 5.91 Å². The molecule has 1 fully saturated rings. The first kappa shape index (κ1) is 11.1. The minimum Gasteiger partial charge on any atom is -0.366 e. The molecule has 1 saturated heterocycles. The monoisotopic (exact) mass is 220 g/mol. The summed E-state index contributed by atoms with van der Waals surface area (Å²) < 4.78 is 5.45. The molecule has 86 valence electrons. The van der Waals surface area contributed by atoms with Gasteiger partial charge in [0.05, 0.1) is 12.8 Å². The van der Waals surface area contributed by atoms with Crippen molar-refractivity contribution in [2.24, 2.45) is 5.73 Å². The molecule has 1 unspecified atom stereocenters. The lowest BCUT2D eigenvalue weighted by Crippen LogP contribution is -2.15.